The normalized spacial score (nSPS) is 18.9. The largest absolute Gasteiger partial charge is 0.352 e. The number of hydrogen-bond acceptors (Lipinski definition) is 3. The van der Waals surface area contributed by atoms with Gasteiger partial charge in [0.2, 0.25) is 17.7 Å². The van der Waals surface area contributed by atoms with Crippen LogP contribution in [0.2, 0.25) is 5.02 Å². The van der Waals surface area contributed by atoms with Crippen LogP contribution in [0.3, 0.4) is 0 Å². The molecule has 4 rings (SSSR count). The lowest BCUT2D eigenvalue weighted by molar-refractivity contribution is -0.129. The molecule has 0 aromatic heterocycles. The van der Waals surface area contributed by atoms with E-state index in [1.807, 2.05) is 42.5 Å². The van der Waals surface area contributed by atoms with E-state index in [1.54, 1.807) is 15.9 Å². The van der Waals surface area contributed by atoms with E-state index in [0.717, 1.165) is 29.8 Å². The zero-order valence-corrected chi connectivity index (χ0v) is 17.4. The fraction of sp³-hybridized carbons (Fsp3) is 0.348. The Balaban J connectivity index is 1.29. The number of carbonyl (C=O) groups is 3. The minimum atomic E-state index is -0.360. The third-order valence-electron chi connectivity index (χ3n) is 5.69. The highest BCUT2D eigenvalue weighted by Crippen LogP contribution is 2.24. The molecule has 6 nitrogen and oxygen atoms in total. The molecular weight excluding hydrogens is 402 g/mol. The van der Waals surface area contributed by atoms with Crippen LogP contribution in [0.15, 0.2) is 48.5 Å². The van der Waals surface area contributed by atoms with Crippen LogP contribution in [0.25, 0.3) is 0 Å². The summed E-state index contributed by atoms with van der Waals surface area (Å²) in [5.41, 5.74) is 2.73. The molecule has 0 unspecified atom stereocenters. The van der Waals surface area contributed by atoms with Crippen molar-refractivity contribution in [2.24, 2.45) is 5.92 Å². The van der Waals surface area contributed by atoms with Crippen molar-refractivity contribution in [1.82, 2.24) is 10.2 Å². The SMILES string of the molecule is O=C(NCc1ccc(N2CCCC2=O)cc1)[C@H]1CC(=O)N(Cc2ccccc2Cl)C1. The van der Waals surface area contributed by atoms with Crippen LogP contribution in [0, 0.1) is 5.92 Å². The summed E-state index contributed by atoms with van der Waals surface area (Å²) < 4.78 is 0. The first-order chi connectivity index (χ1) is 14.5. The average molecular weight is 426 g/mol. The first-order valence-corrected chi connectivity index (χ1v) is 10.6. The average Bonchev–Trinajstić information content (AvgIpc) is 3.34. The van der Waals surface area contributed by atoms with Gasteiger partial charge in [0.05, 0.1) is 5.92 Å². The molecule has 1 atom stereocenters. The molecule has 3 amide bonds. The summed E-state index contributed by atoms with van der Waals surface area (Å²) >= 11 is 6.19. The molecule has 0 spiro atoms. The second-order valence-corrected chi connectivity index (χ2v) is 8.21. The van der Waals surface area contributed by atoms with Crippen LogP contribution in [0.5, 0.6) is 0 Å². The summed E-state index contributed by atoms with van der Waals surface area (Å²) in [6.45, 7) is 1.96. The van der Waals surface area contributed by atoms with E-state index in [1.165, 1.54) is 0 Å². The molecule has 30 heavy (non-hydrogen) atoms. The molecule has 1 N–H and O–H groups in total. The van der Waals surface area contributed by atoms with Gasteiger partial charge in [0.15, 0.2) is 0 Å². The van der Waals surface area contributed by atoms with Crippen LogP contribution in [-0.4, -0.2) is 35.7 Å². The number of likely N-dealkylation sites (tertiary alicyclic amines) is 1. The Kier molecular flexibility index (Phi) is 6.04. The molecular formula is C23H24ClN3O3. The van der Waals surface area contributed by atoms with E-state index in [2.05, 4.69) is 5.32 Å². The molecule has 0 radical (unpaired) electrons. The lowest BCUT2D eigenvalue weighted by atomic mass is 10.1. The number of amides is 3. The lowest BCUT2D eigenvalue weighted by Crippen LogP contribution is -2.32. The molecule has 2 heterocycles. The van der Waals surface area contributed by atoms with Crippen molar-refractivity contribution in [3.8, 4) is 0 Å². The quantitative estimate of drug-likeness (QED) is 0.773. The number of halogens is 1. The Labute approximate surface area is 180 Å². The zero-order chi connectivity index (χ0) is 21.1. The van der Waals surface area contributed by atoms with E-state index in [-0.39, 0.29) is 30.1 Å². The van der Waals surface area contributed by atoms with Crippen LogP contribution < -0.4 is 10.2 Å². The summed E-state index contributed by atoms with van der Waals surface area (Å²) in [5, 5.41) is 3.55. The first kappa shape index (κ1) is 20.4. The second-order valence-electron chi connectivity index (χ2n) is 7.80. The Morgan fingerprint density at radius 1 is 1.07 bits per heavy atom. The van der Waals surface area contributed by atoms with Crippen molar-refractivity contribution in [3.05, 3.63) is 64.7 Å². The minimum absolute atomic E-state index is 0.0327. The molecule has 2 aromatic carbocycles. The predicted octanol–water partition coefficient (Wildman–Crippen LogP) is 3.13. The van der Waals surface area contributed by atoms with E-state index >= 15 is 0 Å². The number of nitrogens with one attached hydrogen (secondary N) is 1. The molecule has 2 aromatic rings. The van der Waals surface area contributed by atoms with Gasteiger partial charge in [0.1, 0.15) is 0 Å². The van der Waals surface area contributed by atoms with Crippen molar-refractivity contribution >= 4 is 35.0 Å². The number of benzene rings is 2. The highest BCUT2D eigenvalue weighted by Gasteiger charge is 2.34. The van der Waals surface area contributed by atoms with Gasteiger partial charge in [-0.2, -0.15) is 0 Å². The van der Waals surface area contributed by atoms with Crippen molar-refractivity contribution in [3.63, 3.8) is 0 Å². The van der Waals surface area contributed by atoms with Gasteiger partial charge in [-0.3, -0.25) is 14.4 Å². The predicted molar refractivity (Wildman–Crippen MR) is 115 cm³/mol. The molecule has 0 bridgehead atoms. The fourth-order valence-electron chi connectivity index (χ4n) is 3.98. The highest BCUT2D eigenvalue weighted by atomic mass is 35.5. The highest BCUT2D eigenvalue weighted by molar-refractivity contribution is 6.31. The van der Waals surface area contributed by atoms with Crippen molar-refractivity contribution in [2.75, 3.05) is 18.0 Å². The third-order valence-corrected chi connectivity index (χ3v) is 6.06. The van der Waals surface area contributed by atoms with E-state index in [9.17, 15) is 14.4 Å². The van der Waals surface area contributed by atoms with Gasteiger partial charge in [0.25, 0.3) is 0 Å². The molecule has 2 aliphatic heterocycles. The maximum atomic E-state index is 12.6. The maximum absolute atomic E-state index is 12.6. The van der Waals surface area contributed by atoms with E-state index in [4.69, 9.17) is 11.6 Å². The molecule has 7 heteroatoms. The van der Waals surface area contributed by atoms with Gasteiger partial charge in [0, 0.05) is 49.7 Å². The second kappa shape index (κ2) is 8.88. The maximum Gasteiger partial charge on any atom is 0.227 e. The van der Waals surface area contributed by atoms with Crippen molar-refractivity contribution in [1.29, 1.82) is 0 Å². The number of carbonyl (C=O) groups excluding carboxylic acids is 3. The molecule has 2 fully saturated rings. The summed E-state index contributed by atoms with van der Waals surface area (Å²) in [5.74, 6) is -0.358. The van der Waals surface area contributed by atoms with Gasteiger partial charge in [-0.25, -0.2) is 0 Å². The lowest BCUT2D eigenvalue weighted by Gasteiger charge is -2.18. The fourth-order valence-corrected chi connectivity index (χ4v) is 4.18. The number of rotatable bonds is 6. The minimum Gasteiger partial charge on any atom is -0.352 e. The number of nitrogens with zero attached hydrogens (tertiary/aromatic N) is 2. The molecule has 2 saturated heterocycles. The smallest absolute Gasteiger partial charge is 0.227 e. The Morgan fingerprint density at radius 2 is 1.83 bits per heavy atom. The summed E-state index contributed by atoms with van der Waals surface area (Å²) in [6, 6.07) is 15.1. The van der Waals surface area contributed by atoms with Crippen LogP contribution in [0.1, 0.15) is 30.4 Å². The number of anilines is 1. The molecule has 2 aliphatic rings. The first-order valence-electron chi connectivity index (χ1n) is 10.2. The Morgan fingerprint density at radius 3 is 2.53 bits per heavy atom. The van der Waals surface area contributed by atoms with Crippen LogP contribution in [0.4, 0.5) is 5.69 Å². The Hall–Kier alpha value is -2.86. The van der Waals surface area contributed by atoms with Gasteiger partial charge >= 0.3 is 0 Å². The van der Waals surface area contributed by atoms with E-state index in [0.29, 0.717) is 31.1 Å². The molecule has 0 aliphatic carbocycles. The van der Waals surface area contributed by atoms with Gasteiger partial charge in [-0.1, -0.05) is 41.9 Å². The molecule has 0 saturated carbocycles. The monoisotopic (exact) mass is 425 g/mol. The van der Waals surface area contributed by atoms with E-state index < -0.39 is 0 Å². The number of hydrogen-bond donors (Lipinski definition) is 1. The molecule has 156 valence electrons. The summed E-state index contributed by atoms with van der Waals surface area (Å²) in [4.78, 5) is 40.2. The summed E-state index contributed by atoms with van der Waals surface area (Å²) in [7, 11) is 0. The third kappa shape index (κ3) is 4.49. The Bertz CT molecular complexity index is 960. The van der Waals surface area contributed by atoms with Crippen molar-refractivity contribution in [2.45, 2.75) is 32.4 Å². The van der Waals surface area contributed by atoms with Gasteiger partial charge < -0.3 is 15.1 Å². The van der Waals surface area contributed by atoms with Crippen LogP contribution in [-0.2, 0) is 27.5 Å². The topological polar surface area (TPSA) is 69.7 Å². The van der Waals surface area contributed by atoms with Crippen LogP contribution >= 0.6 is 11.6 Å². The van der Waals surface area contributed by atoms with Gasteiger partial charge in [-0.15, -0.1) is 0 Å². The van der Waals surface area contributed by atoms with Crippen molar-refractivity contribution < 1.29 is 14.4 Å². The standard InChI is InChI=1S/C23H24ClN3O3/c24-20-5-2-1-4-17(20)14-26-15-18(12-22(26)29)23(30)25-13-16-7-9-19(10-8-16)27-11-3-6-21(27)28/h1-2,4-5,7-10,18H,3,6,11-15H2,(H,25,30)/t18-/m0/s1. The zero-order valence-electron chi connectivity index (χ0n) is 16.6. The summed E-state index contributed by atoms with van der Waals surface area (Å²) in [6.07, 6.45) is 1.71. The van der Waals surface area contributed by atoms with Gasteiger partial charge in [-0.05, 0) is 35.7 Å².